The number of aliphatic hydroxyl groups is 1. The monoisotopic (exact) mass is 240 g/mol. The number of aromatic nitrogens is 2. The fraction of sp³-hybridized carbons (Fsp3) is 0.818. The second-order valence-corrected chi connectivity index (χ2v) is 4.37. The molecule has 17 heavy (non-hydrogen) atoms. The van der Waals surface area contributed by atoms with Gasteiger partial charge in [-0.2, -0.15) is 0 Å². The van der Waals surface area contributed by atoms with Crippen molar-refractivity contribution in [1.29, 1.82) is 0 Å². The van der Waals surface area contributed by atoms with Crippen LogP contribution in [-0.2, 0) is 6.54 Å². The summed E-state index contributed by atoms with van der Waals surface area (Å²) in [6.07, 6.45) is 2.45. The molecule has 1 saturated heterocycles. The zero-order valence-electron chi connectivity index (χ0n) is 10.2. The molecule has 0 bridgehead atoms. The van der Waals surface area contributed by atoms with Crippen LogP contribution in [0.1, 0.15) is 32.1 Å². The zero-order valence-corrected chi connectivity index (χ0v) is 10.2. The van der Waals surface area contributed by atoms with Gasteiger partial charge in [0.2, 0.25) is 5.89 Å². The maximum atomic E-state index is 9.42. The van der Waals surface area contributed by atoms with Gasteiger partial charge in [0.15, 0.2) is 0 Å². The highest BCUT2D eigenvalue weighted by Gasteiger charge is 2.21. The second kappa shape index (κ2) is 5.97. The average molecular weight is 240 g/mol. The van der Waals surface area contributed by atoms with Crippen LogP contribution in [0.5, 0.6) is 0 Å². The molecule has 1 fully saturated rings. The van der Waals surface area contributed by atoms with Crippen molar-refractivity contribution in [2.45, 2.75) is 38.8 Å². The van der Waals surface area contributed by atoms with Crippen molar-refractivity contribution in [1.82, 2.24) is 15.5 Å². The zero-order chi connectivity index (χ0) is 12.1. The van der Waals surface area contributed by atoms with E-state index in [9.17, 15) is 5.11 Å². The summed E-state index contributed by atoms with van der Waals surface area (Å²) in [6, 6.07) is 0.574. The Bertz CT molecular complexity index is 334. The van der Waals surface area contributed by atoms with Crippen LogP contribution in [0.15, 0.2) is 4.42 Å². The Hall–Kier alpha value is -1.14. The molecule has 2 N–H and O–H groups in total. The molecule has 2 heterocycles. The summed E-state index contributed by atoms with van der Waals surface area (Å²) in [6.45, 7) is 5.26. The summed E-state index contributed by atoms with van der Waals surface area (Å²) in [4.78, 5) is 2.03. The van der Waals surface area contributed by atoms with Crippen LogP contribution in [0.3, 0.4) is 0 Å². The minimum absolute atomic E-state index is 0.181. The van der Waals surface area contributed by atoms with Crippen molar-refractivity contribution in [3.05, 3.63) is 5.89 Å². The van der Waals surface area contributed by atoms with Crippen molar-refractivity contribution in [2.24, 2.45) is 0 Å². The Morgan fingerprint density at radius 2 is 2.18 bits per heavy atom. The van der Waals surface area contributed by atoms with Crippen LogP contribution in [-0.4, -0.2) is 41.0 Å². The first-order valence-corrected chi connectivity index (χ1v) is 6.25. The van der Waals surface area contributed by atoms with Gasteiger partial charge in [-0.1, -0.05) is 12.0 Å². The number of anilines is 1. The summed E-state index contributed by atoms with van der Waals surface area (Å²) in [7, 11) is 0. The third kappa shape index (κ3) is 3.41. The summed E-state index contributed by atoms with van der Waals surface area (Å²) in [5.41, 5.74) is 0. The van der Waals surface area contributed by atoms with Crippen molar-refractivity contribution in [3.63, 3.8) is 0 Å². The largest absolute Gasteiger partial charge is 0.407 e. The maximum Gasteiger partial charge on any atom is 0.318 e. The highest BCUT2D eigenvalue weighted by molar-refractivity contribution is 5.24. The van der Waals surface area contributed by atoms with E-state index in [0.717, 1.165) is 38.9 Å². The molecule has 0 unspecified atom stereocenters. The van der Waals surface area contributed by atoms with E-state index in [-0.39, 0.29) is 6.10 Å². The standard InChI is InChI=1S/C11H20N4O2/c1-2-5-12-8-10-13-14-11(17-10)15-6-3-9(16)4-7-15/h9,12,16H,2-8H2,1H3. The van der Waals surface area contributed by atoms with E-state index in [1.807, 2.05) is 4.90 Å². The summed E-state index contributed by atoms with van der Waals surface area (Å²) in [5.74, 6) is 0.625. The molecule has 0 spiro atoms. The van der Waals surface area contributed by atoms with E-state index < -0.39 is 0 Å². The quantitative estimate of drug-likeness (QED) is 0.731. The summed E-state index contributed by atoms with van der Waals surface area (Å²) in [5, 5.41) is 20.7. The molecule has 2 rings (SSSR count). The number of nitrogens with zero attached hydrogens (tertiary/aromatic N) is 3. The predicted molar refractivity (Wildman–Crippen MR) is 63.7 cm³/mol. The average Bonchev–Trinajstić information content (AvgIpc) is 2.79. The third-order valence-electron chi connectivity index (χ3n) is 2.89. The van der Waals surface area contributed by atoms with Crippen molar-refractivity contribution in [3.8, 4) is 0 Å². The molecule has 0 radical (unpaired) electrons. The molecular weight excluding hydrogens is 220 g/mol. The van der Waals surface area contributed by atoms with Crippen molar-refractivity contribution >= 4 is 6.01 Å². The molecule has 1 aromatic rings. The van der Waals surface area contributed by atoms with Gasteiger partial charge in [0, 0.05) is 13.1 Å². The van der Waals surface area contributed by atoms with E-state index in [2.05, 4.69) is 22.4 Å². The normalized spacial score (nSPS) is 17.6. The molecule has 0 atom stereocenters. The number of rotatable bonds is 5. The predicted octanol–water partition coefficient (Wildman–Crippen LogP) is 0.530. The van der Waals surface area contributed by atoms with Crippen LogP contribution >= 0.6 is 0 Å². The maximum absolute atomic E-state index is 9.42. The first-order valence-electron chi connectivity index (χ1n) is 6.25. The number of nitrogens with one attached hydrogen (secondary N) is 1. The molecule has 96 valence electrons. The van der Waals surface area contributed by atoms with Gasteiger partial charge in [0.25, 0.3) is 0 Å². The Morgan fingerprint density at radius 3 is 2.88 bits per heavy atom. The van der Waals surface area contributed by atoms with E-state index in [0.29, 0.717) is 18.5 Å². The molecule has 6 nitrogen and oxygen atoms in total. The Labute approximate surface area is 101 Å². The Kier molecular flexibility index (Phi) is 4.33. The highest BCUT2D eigenvalue weighted by atomic mass is 16.4. The van der Waals surface area contributed by atoms with E-state index in [1.54, 1.807) is 0 Å². The minimum Gasteiger partial charge on any atom is -0.407 e. The van der Waals surface area contributed by atoms with Crippen molar-refractivity contribution in [2.75, 3.05) is 24.5 Å². The molecule has 1 aliphatic heterocycles. The molecule has 1 aromatic heterocycles. The van der Waals surface area contributed by atoms with E-state index in [4.69, 9.17) is 4.42 Å². The lowest BCUT2D eigenvalue weighted by atomic mass is 10.1. The number of hydrogen-bond acceptors (Lipinski definition) is 6. The van der Waals surface area contributed by atoms with Gasteiger partial charge in [0.05, 0.1) is 12.6 Å². The van der Waals surface area contributed by atoms with Crippen LogP contribution in [0.2, 0.25) is 0 Å². The molecular formula is C11H20N4O2. The van der Waals surface area contributed by atoms with Gasteiger partial charge in [0.1, 0.15) is 0 Å². The fourth-order valence-electron chi connectivity index (χ4n) is 1.87. The minimum atomic E-state index is -0.181. The topological polar surface area (TPSA) is 74.4 Å². The van der Waals surface area contributed by atoms with Crippen LogP contribution in [0.4, 0.5) is 6.01 Å². The lowest BCUT2D eigenvalue weighted by Crippen LogP contribution is -2.35. The lowest BCUT2D eigenvalue weighted by molar-refractivity contribution is 0.144. The highest BCUT2D eigenvalue weighted by Crippen LogP contribution is 2.18. The summed E-state index contributed by atoms with van der Waals surface area (Å²) >= 11 is 0. The smallest absolute Gasteiger partial charge is 0.318 e. The van der Waals surface area contributed by atoms with Gasteiger partial charge < -0.3 is 19.7 Å². The molecule has 6 heteroatoms. The first-order chi connectivity index (χ1) is 8.29. The SMILES string of the molecule is CCCNCc1nnc(N2CCC(O)CC2)o1. The lowest BCUT2D eigenvalue weighted by Gasteiger charge is -2.27. The third-order valence-corrected chi connectivity index (χ3v) is 2.89. The Balaban J connectivity index is 1.85. The van der Waals surface area contributed by atoms with Gasteiger partial charge in [-0.15, -0.1) is 5.10 Å². The van der Waals surface area contributed by atoms with Gasteiger partial charge in [-0.25, -0.2) is 0 Å². The molecule has 1 aliphatic rings. The molecule has 0 aliphatic carbocycles. The Morgan fingerprint density at radius 1 is 1.41 bits per heavy atom. The van der Waals surface area contributed by atoms with Gasteiger partial charge in [-0.05, 0) is 25.8 Å². The van der Waals surface area contributed by atoms with Crippen LogP contribution < -0.4 is 10.2 Å². The van der Waals surface area contributed by atoms with Crippen LogP contribution in [0, 0.1) is 0 Å². The van der Waals surface area contributed by atoms with Crippen LogP contribution in [0.25, 0.3) is 0 Å². The van der Waals surface area contributed by atoms with Gasteiger partial charge >= 0.3 is 6.01 Å². The second-order valence-electron chi connectivity index (χ2n) is 4.37. The number of hydrogen-bond donors (Lipinski definition) is 2. The van der Waals surface area contributed by atoms with Gasteiger partial charge in [-0.3, -0.25) is 0 Å². The van der Waals surface area contributed by atoms with E-state index >= 15 is 0 Å². The fourth-order valence-corrected chi connectivity index (χ4v) is 1.87. The molecule has 0 saturated carbocycles. The number of aliphatic hydroxyl groups excluding tert-OH is 1. The number of piperidine rings is 1. The van der Waals surface area contributed by atoms with Crippen molar-refractivity contribution < 1.29 is 9.52 Å². The molecule has 0 aromatic carbocycles. The molecule has 0 amide bonds. The van der Waals surface area contributed by atoms with E-state index in [1.165, 1.54) is 0 Å². The first kappa shape index (κ1) is 12.3. The summed E-state index contributed by atoms with van der Waals surface area (Å²) < 4.78 is 5.56.